The van der Waals surface area contributed by atoms with Crippen molar-refractivity contribution in [2.75, 3.05) is 11.9 Å². The van der Waals surface area contributed by atoms with E-state index in [4.69, 9.17) is 18.1 Å². The second-order valence-corrected chi connectivity index (χ2v) is 8.38. The lowest BCUT2D eigenvalue weighted by Crippen LogP contribution is -2.16. The number of nitrogens with one attached hydrogen (secondary N) is 1. The molecule has 0 fully saturated rings. The van der Waals surface area contributed by atoms with Gasteiger partial charge in [0.05, 0.1) is 34.3 Å². The van der Waals surface area contributed by atoms with Gasteiger partial charge >= 0.3 is 0 Å². The standard InChI is InChI=1S/C22H18BN5O3S/c23-15-8-12(10-29)3-6-17(15)28-20-14(19(27-28)13-2-1-7-24-9-13)4-5-16-21(20)32-22(25-16)26-18(31)11-30/h1-3,6-9,29-30H,4-5,10-11H2,(H,25,26,31). The number of amides is 1. The molecule has 3 heterocycles. The van der Waals surface area contributed by atoms with Crippen LogP contribution in [0.3, 0.4) is 0 Å². The first kappa shape index (κ1) is 20.6. The number of aliphatic hydroxyl groups excluding tert-OH is 2. The summed E-state index contributed by atoms with van der Waals surface area (Å²) in [6, 6.07) is 9.22. The Bertz CT molecular complexity index is 1320. The zero-order valence-corrected chi connectivity index (χ0v) is 17.8. The number of rotatable bonds is 5. The summed E-state index contributed by atoms with van der Waals surface area (Å²) < 4.78 is 1.81. The van der Waals surface area contributed by atoms with Gasteiger partial charge in [-0.2, -0.15) is 5.10 Å². The van der Waals surface area contributed by atoms with Crippen molar-refractivity contribution in [1.82, 2.24) is 19.7 Å². The quantitative estimate of drug-likeness (QED) is 0.402. The molecule has 158 valence electrons. The lowest BCUT2D eigenvalue weighted by atomic mass is 9.91. The minimum absolute atomic E-state index is 0.102. The Labute approximate surface area is 189 Å². The molecule has 2 radical (unpaired) electrons. The highest BCUT2D eigenvalue weighted by Gasteiger charge is 2.30. The predicted octanol–water partition coefficient (Wildman–Crippen LogP) is 1.37. The maximum Gasteiger partial charge on any atom is 0.251 e. The van der Waals surface area contributed by atoms with Crippen molar-refractivity contribution in [2.24, 2.45) is 0 Å². The lowest BCUT2D eigenvalue weighted by Gasteiger charge is -2.16. The van der Waals surface area contributed by atoms with Gasteiger partial charge in [0.2, 0.25) is 0 Å². The number of pyridine rings is 1. The highest BCUT2D eigenvalue weighted by molar-refractivity contribution is 7.19. The number of fused-ring (bicyclic) bond motifs is 3. The minimum atomic E-state index is -0.605. The van der Waals surface area contributed by atoms with Gasteiger partial charge in [-0.3, -0.25) is 15.1 Å². The Morgan fingerprint density at radius 1 is 1.25 bits per heavy atom. The van der Waals surface area contributed by atoms with Crippen molar-refractivity contribution in [3.8, 4) is 27.5 Å². The van der Waals surface area contributed by atoms with E-state index in [2.05, 4.69) is 15.3 Å². The summed E-state index contributed by atoms with van der Waals surface area (Å²) in [5.74, 6) is -0.510. The van der Waals surface area contributed by atoms with E-state index < -0.39 is 12.5 Å². The monoisotopic (exact) mass is 443 g/mol. The van der Waals surface area contributed by atoms with Crippen molar-refractivity contribution >= 4 is 35.7 Å². The van der Waals surface area contributed by atoms with Crippen LogP contribution in [0.15, 0.2) is 42.7 Å². The molecule has 5 rings (SSSR count). The van der Waals surface area contributed by atoms with Gasteiger partial charge in [0.15, 0.2) is 5.13 Å². The Balaban J connectivity index is 1.72. The smallest absolute Gasteiger partial charge is 0.251 e. The topological polar surface area (TPSA) is 113 Å². The summed E-state index contributed by atoms with van der Waals surface area (Å²) in [5.41, 5.74) is 6.40. The third kappa shape index (κ3) is 3.52. The summed E-state index contributed by atoms with van der Waals surface area (Å²) in [7, 11) is 6.34. The molecule has 1 aromatic carbocycles. The number of thiazole rings is 1. The van der Waals surface area contributed by atoms with E-state index in [1.54, 1.807) is 18.5 Å². The molecule has 10 heteroatoms. The SMILES string of the molecule is [B]c1cc(CO)ccc1-n1nc(-c2cccnc2)c2c1-c1sc(NC(=O)CO)nc1CC2. The van der Waals surface area contributed by atoms with Crippen LogP contribution >= 0.6 is 11.3 Å². The number of aliphatic hydroxyl groups is 2. The van der Waals surface area contributed by atoms with Crippen molar-refractivity contribution in [3.63, 3.8) is 0 Å². The maximum absolute atomic E-state index is 11.7. The lowest BCUT2D eigenvalue weighted by molar-refractivity contribution is -0.118. The number of hydrogen-bond donors (Lipinski definition) is 3. The molecule has 0 spiro atoms. The summed E-state index contributed by atoms with van der Waals surface area (Å²) in [6.07, 6.45) is 4.92. The molecule has 0 bridgehead atoms. The zero-order valence-electron chi connectivity index (χ0n) is 16.9. The van der Waals surface area contributed by atoms with Gasteiger partial charge in [0.1, 0.15) is 14.5 Å². The minimum Gasteiger partial charge on any atom is -0.392 e. The van der Waals surface area contributed by atoms with Crippen molar-refractivity contribution in [1.29, 1.82) is 0 Å². The fourth-order valence-corrected chi connectivity index (χ4v) is 4.97. The number of aromatic nitrogens is 4. The van der Waals surface area contributed by atoms with Gasteiger partial charge in [-0.05, 0) is 36.6 Å². The molecule has 1 aliphatic rings. The number of carbonyl (C=O) groups is 1. The van der Waals surface area contributed by atoms with Crippen molar-refractivity contribution in [2.45, 2.75) is 19.4 Å². The molecule has 0 atom stereocenters. The van der Waals surface area contributed by atoms with Crippen molar-refractivity contribution in [3.05, 3.63) is 59.5 Å². The van der Waals surface area contributed by atoms with Crippen molar-refractivity contribution < 1.29 is 15.0 Å². The van der Waals surface area contributed by atoms with Crippen LogP contribution in [0.4, 0.5) is 5.13 Å². The first-order valence-electron chi connectivity index (χ1n) is 10.0. The highest BCUT2D eigenvalue weighted by atomic mass is 32.1. The van der Waals surface area contributed by atoms with Crippen LogP contribution in [0, 0.1) is 0 Å². The average molecular weight is 443 g/mol. The third-order valence-corrected chi connectivity index (χ3v) is 6.36. The second kappa shape index (κ2) is 8.31. The van der Waals surface area contributed by atoms with E-state index in [1.165, 1.54) is 11.3 Å². The van der Waals surface area contributed by atoms with Gasteiger partial charge < -0.3 is 10.2 Å². The first-order chi connectivity index (χ1) is 15.6. The Morgan fingerprint density at radius 3 is 2.84 bits per heavy atom. The van der Waals surface area contributed by atoms with E-state index in [1.807, 2.05) is 28.9 Å². The van der Waals surface area contributed by atoms with Crippen LogP contribution in [0.1, 0.15) is 16.8 Å². The molecule has 4 aromatic rings. The molecule has 0 saturated carbocycles. The largest absolute Gasteiger partial charge is 0.392 e. The molecular weight excluding hydrogens is 425 g/mol. The number of hydrogen-bond acceptors (Lipinski definition) is 7. The van der Waals surface area contributed by atoms with Crippen LogP contribution in [0.5, 0.6) is 0 Å². The van der Waals surface area contributed by atoms with Crippen LogP contribution in [-0.2, 0) is 24.2 Å². The van der Waals surface area contributed by atoms with Crippen LogP contribution in [0.25, 0.3) is 27.5 Å². The number of benzene rings is 1. The van der Waals surface area contributed by atoms with Gasteiger partial charge in [0.25, 0.3) is 5.91 Å². The normalized spacial score (nSPS) is 12.3. The van der Waals surface area contributed by atoms with E-state index in [0.717, 1.165) is 39.5 Å². The molecular formula is C22H18BN5O3S. The fraction of sp³-hybridized carbons (Fsp3) is 0.182. The van der Waals surface area contributed by atoms with Crippen LogP contribution in [-0.4, -0.2) is 50.3 Å². The highest BCUT2D eigenvalue weighted by Crippen LogP contribution is 2.43. The molecule has 3 N–H and O–H groups in total. The number of carbonyl (C=O) groups excluding carboxylic acids is 1. The van der Waals surface area contributed by atoms with Crippen LogP contribution in [0.2, 0.25) is 0 Å². The molecule has 3 aromatic heterocycles. The average Bonchev–Trinajstić information content (AvgIpc) is 3.40. The third-order valence-electron chi connectivity index (χ3n) is 5.34. The zero-order chi connectivity index (χ0) is 22.2. The van der Waals surface area contributed by atoms with Gasteiger partial charge in [-0.1, -0.05) is 28.9 Å². The maximum atomic E-state index is 11.7. The van der Waals surface area contributed by atoms with E-state index >= 15 is 0 Å². The molecule has 32 heavy (non-hydrogen) atoms. The summed E-state index contributed by atoms with van der Waals surface area (Å²) in [6.45, 7) is -0.706. The molecule has 1 amide bonds. The molecule has 0 aliphatic heterocycles. The molecule has 8 nitrogen and oxygen atoms in total. The van der Waals surface area contributed by atoms with E-state index in [0.29, 0.717) is 28.3 Å². The van der Waals surface area contributed by atoms with E-state index in [9.17, 15) is 9.90 Å². The summed E-state index contributed by atoms with van der Waals surface area (Å²) in [5, 5.41) is 26.5. The number of aryl methyl sites for hydroxylation is 1. The predicted molar refractivity (Wildman–Crippen MR) is 122 cm³/mol. The van der Waals surface area contributed by atoms with Gasteiger partial charge in [-0.25, -0.2) is 9.67 Å². The Morgan fingerprint density at radius 2 is 2.12 bits per heavy atom. The Hall–Kier alpha value is -3.34. The second-order valence-electron chi connectivity index (χ2n) is 7.38. The molecule has 0 unspecified atom stereocenters. The summed E-state index contributed by atoms with van der Waals surface area (Å²) in [4.78, 5) is 21.4. The van der Waals surface area contributed by atoms with E-state index in [-0.39, 0.29) is 6.61 Å². The molecule has 1 aliphatic carbocycles. The Kier molecular flexibility index (Phi) is 5.34. The van der Waals surface area contributed by atoms with Gasteiger partial charge in [-0.15, -0.1) is 0 Å². The summed E-state index contributed by atoms with van der Waals surface area (Å²) >= 11 is 1.34. The first-order valence-corrected chi connectivity index (χ1v) is 10.8. The number of anilines is 1. The number of nitrogens with zero attached hydrogens (tertiary/aromatic N) is 4. The fourth-order valence-electron chi connectivity index (χ4n) is 3.89. The molecule has 0 saturated heterocycles. The van der Waals surface area contributed by atoms with Gasteiger partial charge in [0, 0.05) is 23.5 Å². The van der Waals surface area contributed by atoms with Crippen LogP contribution < -0.4 is 10.8 Å².